The van der Waals surface area contributed by atoms with Crippen LogP contribution in [0.5, 0.6) is 0 Å². The van der Waals surface area contributed by atoms with Gasteiger partial charge in [-0.2, -0.15) is 5.26 Å². The summed E-state index contributed by atoms with van der Waals surface area (Å²) in [6.07, 6.45) is 0. The van der Waals surface area contributed by atoms with E-state index < -0.39 is 0 Å². The van der Waals surface area contributed by atoms with Crippen LogP contribution in [0.1, 0.15) is 5.56 Å². The predicted octanol–water partition coefficient (Wildman–Crippen LogP) is 1.87. The van der Waals surface area contributed by atoms with Crippen molar-refractivity contribution in [3.8, 4) is 6.07 Å². The average Bonchev–Trinajstić information content (AvgIpc) is 2.39. The summed E-state index contributed by atoms with van der Waals surface area (Å²) in [5.74, 6) is 0.159. The molecule has 19 heavy (non-hydrogen) atoms. The molecule has 0 aliphatic rings. The molecular formula is C13H7ClN3O2+. The van der Waals surface area contributed by atoms with Crippen LogP contribution in [-0.4, -0.2) is 0 Å². The van der Waals surface area contributed by atoms with Crippen molar-refractivity contribution in [2.24, 2.45) is 0 Å². The molecule has 3 aromatic rings. The van der Waals surface area contributed by atoms with Crippen LogP contribution in [0.15, 0.2) is 33.5 Å². The molecule has 0 atom stereocenters. The fourth-order valence-electron chi connectivity index (χ4n) is 1.91. The number of aromatic nitrogens is 1. The number of hydrogen-bond acceptors (Lipinski definition) is 4. The summed E-state index contributed by atoms with van der Waals surface area (Å²) in [6, 6.07) is 8.10. The molecule has 0 spiro atoms. The SMILES string of the molecule is N#Cc1cc2c(=O)c3cc(Cl)ccc3oc2[nH+]c1N. The minimum atomic E-state index is -0.258. The molecule has 1 aromatic carbocycles. The van der Waals surface area contributed by atoms with Crippen molar-refractivity contribution in [1.29, 1.82) is 5.26 Å². The number of hydrogen-bond donors (Lipinski definition) is 1. The molecule has 0 amide bonds. The Hall–Kier alpha value is -2.58. The molecule has 0 bridgehead atoms. The molecule has 2 heterocycles. The molecule has 0 aliphatic carbocycles. The summed E-state index contributed by atoms with van der Waals surface area (Å²) >= 11 is 5.86. The Morgan fingerprint density at radius 3 is 2.84 bits per heavy atom. The van der Waals surface area contributed by atoms with Crippen molar-refractivity contribution in [2.45, 2.75) is 0 Å². The van der Waals surface area contributed by atoms with E-state index in [2.05, 4.69) is 4.98 Å². The van der Waals surface area contributed by atoms with Crippen molar-refractivity contribution in [3.05, 3.63) is 45.1 Å². The lowest BCUT2D eigenvalue weighted by Gasteiger charge is -2.00. The normalized spacial score (nSPS) is 10.7. The largest absolute Gasteiger partial charge is 0.422 e. The average molecular weight is 273 g/mol. The Bertz CT molecular complexity index is 925. The van der Waals surface area contributed by atoms with E-state index in [1.54, 1.807) is 12.1 Å². The van der Waals surface area contributed by atoms with Gasteiger partial charge in [-0.05, 0) is 24.3 Å². The monoisotopic (exact) mass is 272 g/mol. The van der Waals surface area contributed by atoms with Crippen molar-refractivity contribution >= 4 is 39.5 Å². The highest BCUT2D eigenvalue weighted by Crippen LogP contribution is 2.20. The highest BCUT2D eigenvalue weighted by Gasteiger charge is 2.15. The van der Waals surface area contributed by atoms with Crippen LogP contribution in [-0.2, 0) is 0 Å². The highest BCUT2D eigenvalue weighted by molar-refractivity contribution is 6.31. The van der Waals surface area contributed by atoms with E-state index in [4.69, 9.17) is 27.0 Å². The third kappa shape index (κ3) is 1.70. The van der Waals surface area contributed by atoms with E-state index in [-0.39, 0.29) is 27.9 Å². The fourth-order valence-corrected chi connectivity index (χ4v) is 2.08. The Balaban J connectivity index is 2.55. The molecule has 0 unspecified atom stereocenters. The Morgan fingerprint density at radius 2 is 2.11 bits per heavy atom. The molecule has 3 N–H and O–H groups in total. The zero-order chi connectivity index (χ0) is 13.6. The van der Waals surface area contributed by atoms with Gasteiger partial charge >= 0.3 is 0 Å². The minimum Gasteiger partial charge on any atom is -0.422 e. The van der Waals surface area contributed by atoms with Gasteiger partial charge in [-0.25, -0.2) is 4.98 Å². The lowest BCUT2D eigenvalue weighted by Crippen LogP contribution is -2.17. The van der Waals surface area contributed by atoms with Gasteiger partial charge in [0.15, 0.2) is 0 Å². The Morgan fingerprint density at radius 1 is 1.32 bits per heavy atom. The van der Waals surface area contributed by atoms with Crippen LogP contribution in [0.3, 0.4) is 0 Å². The number of H-pyrrole nitrogens is 1. The molecule has 0 radical (unpaired) electrons. The summed E-state index contributed by atoms with van der Waals surface area (Å²) in [4.78, 5) is 15.0. The zero-order valence-corrected chi connectivity index (χ0v) is 10.3. The molecule has 0 saturated heterocycles. The Kier molecular flexibility index (Phi) is 2.40. The predicted molar refractivity (Wildman–Crippen MR) is 70.7 cm³/mol. The van der Waals surface area contributed by atoms with Gasteiger partial charge in [0.05, 0.1) is 5.39 Å². The van der Waals surface area contributed by atoms with Crippen molar-refractivity contribution < 1.29 is 9.40 Å². The van der Waals surface area contributed by atoms with E-state index in [0.717, 1.165) is 0 Å². The maximum absolute atomic E-state index is 12.3. The molecule has 0 fully saturated rings. The molecule has 0 saturated carbocycles. The second kappa shape index (κ2) is 3.97. The summed E-state index contributed by atoms with van der Waals surface area (Å²) in [7, 11) is 0. The number of pyridine rings is 1. The van der Waals surface area contributed by atoms with Crippen LogP contribution in [0, 0.1) is 11.3 Å². The molecule has 2 aromatic heterocycles. The first-order valence-electron chi connectivity index (χ1n) is 5.38. The second-order valence-corrected chi connectivity index (χ2v) is 4.46. The number of aromatic amines is 1. The van der Waals surface area contributed by atoms with Gasteiger partial charge in [-0.15, -0.1) is 0 Å². The number of nitrogens with one attached hydrogen (secondary N) is 1. The van der Waals surface area contributed by atoms with Crippen LogP contribution in [0.25, 0.3) is 22.1 Å². The van der Waals surface area contributed by atoms with E-state index in [1.807, 2.05) is 6.07 Å². The number of nitriles is 1. The topological polar surface area (TPSA) is 94.2 Å². The number of benzene rings is 1. The smallest absolute Gasteiger partial charge is 0.299 e. The van der Waals surface area contributed by atoms with Crippen molar-refractivity contribution in [3.63, 3.8) is 0 Å². The molecular weight excluding hydrogens is 266 g/mol. The quantitative estimate of drug-likeness (QED) is 0.632. The van der Waals surface area contributed by atoms with E-state index in [9.17, 15) is 4.79 Å². The first-order chi connectivity index (χ1) is 9.10. The first kappa shape index (κ1) is 11.5. The third-order valence-corrected chi connectivity index (χ3v) is 3.07. The standard InChI is InChI=1S/C13H6ClN3O2/c14-7-1-2-10-8(4-7)11(18)9-3-6(5-15)12(16)17-13(9)19-10/h1-4H,(H2,16,17)/p+1. The molecule has 6 heteroatoms. The lowest BCUT2D eigenvalue weighted by atomic mass is 10.1. The zero-order valence-electron chi connectivity index (χ0n) is 9.53. The maximum Gasteiger partial charge on any atom is 0.299 e. The van der Waals surface area contributed by atoms with Crippen LogP contribution in [0.4, 0.5) is 5.82 Å². The minimum absolute atomic E-state index is 0.159. The number of nitrogens with two attached hydrogens (primary N) is 1. The number of halogens is 1. The van der Waals surface area contributed by atoms with Gasteiger partial charge in [-0.3, -0.25) is 10.5 Å². The first-order valence-corrected chi connectivity index (χ1v) is 5.76. The molecule has 5 nitrogen and oxygen atoms in total. The fraction of sp³-hybridized carbons (Fsp3) is 0. The van der Waals surface area contributed by atoms with E-state index in [0.29, 0.717) is 16.0 Å². The van der Waals surface area contributed by atoms with Crippen molar-refractivity contribution in [2.75, 3.05) is 5.73 Å². The molecule has 92 valence electrons. The Labute approximate surface area is 111 Å². The van der Waals surface area contributed by atoms with Gasteiger partial charge in [0.25, 0.3) is 11.5 Å². The number of fused-ring (bicyclic) bond motifs is 2. The molecule has 0 aliphatic heterocycles. The summed E-state index contributed by atoms with van der Waals surface area (Å²) < 4.78 is 5.56. The van der Waals surface area contributed by atoms with Crippen LogP contribution >= 0.6 is 11.6 Å². The van der Waals surface area contributed by atoms with Crippen LogP contribution < -0.4 is 16.1 Å². The van der Waals surface area contributed by atoms with E-state index in [1.165, 1.54) is 12.1 Å². The van der Waals surface area contributed by atoms with E-state index >= 15 is 0 Å². The highest BCUT2D eigenvalue weighted by atomic mass is 35.5. The third-order valence-electron chi connectivity index (χ3n) is 2.84. The van der Waals surface area contributed by atoms with Gasteiger partial charge in [-0.1, -0.05) is 11.6 Å². The number of rotatable bonds is 0. The van der Waals surface area contributed by atoms with Gasteiger partial charge < -0.3 is 4.42 Å². The number of nitrogens with zero attached hydrogens (tertiary/aromatic N) is 1. The maximum atomic E-state index is 12.3. The van der Waals surface area contributed by atoms with Crippen LogP contribution in [0.2, 0.25) is 5.02 Å². The van der Waals surface area contributed by atoms with Gasteiger partial charge in [0.1, 0.15) is 22.6 Å². The number of nitrogen functional groups attached to an aromatic ring is 1. The summed E-state index contributed by atoms with van der Waals surface area (Å²) in [5, 5.41) is 9.99. The second-order valence-electron chi connectivity index (χ2n) is 4.02. The number of anilines is 1. The summed E-state index contributed by atoms with van der Waals surface area (Å²) in [6.45, 7) is 0. The van der Waals surface area contributed by atoms with Gasteiger partial charge in [0.2, 0.25) is 5.43 Å². The summed E-state index contributed by atoms with van der Waals surface area (Å²) in [5.41, 5.74) is 6.23. The molecule has 3 rings (SSSR count). The van der Waals surface area contributed by atoms with Gasteiger partial charge in [0, 0.05) is 5.02 Å². The van der Waals surface area contributed by atoms with Crippen molar-refractivity contribution in [1.82, 2.24) is 0 Å². The lowest BCUT2D eigenvalue weighted by molar-refractivity contribution is -0.338.